The van der Waals surface area contributed by atoms with Crippen LogP contribution in [-0.4, -0.2) is 37.2 Å². The van der Waals surface area contributed by atoms with Gasteiger partial charge in [-0.2, -0.15) is 0 Å². The van der Waals surface area contributed by atoms with E-state index >= 15 is 0 Å². The summed E-state index contributed by atoms with van der Waals surface area (Å²) in [6, 6.07) is 0. The number of carbonyl (C=O) groups excluding carboxylic acids is 3. The topological polar surface area (TPSA) is 78.9 Å². The molecule has 0 spiro atoms. The highest BCUT2D eigenvalue weighted by molar-refractivity contribution is 5.71. The Kier molecular flexibility index (Phi) is 48.3. The van der Waals surface area contributed by atoms with E-state index in [9.17, 15) is 14.4 Å². The molecule has 6 nitrogen and oxygen atoms in total. The van der Waals surface area contributed by atoms with Crippen LogP contribution in [0.3, 0.4) is 0 Å². The van der Waals surface area contributed by atoms with E-state index in [0.29, 0.717) is 19.3 Å². The molecule has 0 heterocycles. The van der Waals surface area contributed by atoms with Crippen molar-refractivity contribution in [2.45, 2.75) is 284 Å². The summed E-state index contributed by atoms with van der Waals surface area (Å²) in [5.74, 6) is -0.883. The zero-order chi connectivity index (χ0) is 44.4. The zero-order valence-electron chi connectivity index (χ0n) is 40.7. The molecule has 0 aromatic rings. The Hall–Kier alpha value is -2.37. The molecule has 0 fully saturated rings. The number of hydrogen-bond acceptors (Lipinski definition) is 6. The second-order valence-electron chi connectivity index (χ2n) is 17.9. The summed E-state index contributed by atoms with van der Waals surface area (Å²) < 4.78 is 16.8. The minimum absolute atomic E-state index is 0.0746. The van der Waals surface area contributed by atoms with Gasteiger partial charge in [-0.15, -0.1) is 0 Å². The molecule has 0 aliphatic rings. The predicted molar refractivity (Wildman–Crippen MR) is 261 cm³/mol. The molecule has 0 N–H and O–H groups in total. The molecule has 0 saturated heterocycles. The lowest BCUT2D eigenvalue weighted by Crippen LogP contribution is -2.30. The molecule has 6 heteroatoms. The summed E-state index contributed by atoms with van der Waals surface area (Å²) in [6.07, 6.45) is 58.3. The van der Waals surface area contributed by atoms with E-state index in [4.69, 9.17) is 14.2 Å². The average molecular weight is 857 g/mol. The van der Waals surface area contributed by atoms with E-state index in [1.807, 2.05) is 0 Å². The highest BCUT2D eigenvalue weighted by Gasteiger charge is 2.19. The summed E-state index contributed by atoms with van der Waals surface area (Å²) in [4.78, 5) is 38.0. The van der Waals surface area contributed by atoms with Crippen LogP contribution in [-0.2, 0) is 28.6 Å². The summed E-state index contributed by atoms with van der Waals surface area (Å²) in [6.45, 7) is 6.62. The Morgan fingerprint density at radius 3 is 0.902 bits per heavy atom. The number of unbranched alkanes of at least 4 members (excludes halogenated alkanes) is 33. The predicted octanol–water partition coefficient (Wildman–Crippen LogP) is 17.3. The van der Waals surface area contributed by atoms with Crippen molar-refractivity contribution in [3.63, 3.8) is 0 Å². The summed E-state index contributed by atoms with van der Waals surface area (Å²) in [7, 11) is 0. The van der Waals surface area contributed by atoms with Crippen LogP contribution in [0.1, 0.15) is 278 Å². The van der Waals surface area contributed by atoms with E-state index < -0.39 is 6.10 Å². The largest absolute Gasteiger partial charge is 0.462 e. The van der Waals surface area contributed by atoms with Crippen molar-refractivity contribution in [1.82, 2.24) is 0 Å². The lowest BCUT2D eigenvalue weighted by atomic mass is 10.0. The van der Waals surface area contributed by atoms with Crippen LogP contribution in [0.2, 0.25) is 0 Å². The van der Waals surface area contributed by atoms with Crippen LogP contribution in [0, 0.1) is 0 Å². The van der Waals surface area contributed by atoms with Crippen molar-refractivity contribution in [3.8, 4) is 0 Å². The maximum Gasteiger partial charge on any atom is 0.306 e. The number of rotatable bonds is 48. The van der Waals surface area contributed by atoms with Gasteiger partial charge in [-0.1, -0.05) is 250 Å². The average Bonchev–Trinajstić information content (AvgIpc) is 3.26. The van der Waals surface area contributed by atoms with E-state index in [2.05, 4.69) is 57.2 Å². The van der Waals surface area contributed by atoms with Crippen LogP contribution >= 0.6 is 0 Å². The molecule has 0 rings (SSSR count). The van der Waals surface area contributed by atoms with Crippen LogP contribution in [0.25, 0.3) is 0 Å². The van der Waals surface area contributed by atoms with E-state index in [-0.39, 0.29) is 31.1 Å². The third-order valence-corrected chi connectivity index (χ3v) is 11.7. The Morgan fingerprint density at radius 1 is 0.328 bits per heavy atom. The third-order valence-electron chi connectivity index (χ3n) is 11.7. The highest BCUT2D eigenvalue weighted by Crippen LogP contribution is 2.16. The van der Waals surface area contributed by atoms with Gasteiger partial charge in [-0.05, 0) is 44.9 Å². The fourth-order valence-electron chi connectivity index (χ4n) is 7.68. The second kappa shape index (κ2) is 50.3. The first kappa shape index (κ1) is 58.6. The summed E-state index contributed by atoms with van der Waals surface area (Å²) in [5, 5.41) is 0. The molecule has 0 saturated carbocycles. The quantitative estimate of drug-likeness (QED) is 0.0262. The molecule has 1 unspecified atom stereocenters. The Labute approximate surface area is 378 Å². The lowest BCUT2D eigenvalue weighted by Gasteiger charge is -2.18. The van der Waals surface area contributed by atoms with Crippen molar-refractivity contribution in [3.05, 3.63) is 36.5 Å². The normalized spacial score (nSPS) is 12.2. The van der Waals surface area contributed by atoms with Gasteiger partial charge in [0.1, 0.15) is 13.2 Å². The zero-order valence-corrected chi connectivity index (χ0v) is 40.7. The van der Waals surface area contributed by atoms with Crippen molar-refractivity contribution in [2.24, 2.45) is 0 Å². The molecule has 0 aliphatic carbocycles. The molecule has 356 valence electrons. The monoisotopic (exact) mass is 857 g/mol. The van der Waals surface area contributed by atoms with Crippen LogP contribution < -0.4 is 0 Å². The number of carbonyl (C=O) groups is 3. The fraction of sp³-hybridized carbons (Fsp3) is 0.836. The molecule has 0 aromatic carbocycles. The molecular formula is C55H100O6. The van der Waals surface area contributed by atoms with Gasteiger partial charge in [0.2, 0.25) is 0 Å². The van der Waals surface area contributed by atoms with E-state index in [0.717, 1.165) is 77.0 Å². The van der Waals surface area contributed by atoms with Gasteiger partial charge in [0.15, 0.2) is 6.10 Å². The van der Waals surface area contributed by atoms with E-state index in [1.54, 1.807) is 0 Å². The standard InChI is InChI=1S/C55H100O6/c1-4-7-10-13-16-19-22-25-26-27-28-29-31-33-36-39-42-45-48-54(57)60-51-52(50-59-53(56)47-44-41-38-35-32-24-21-18-15-12-9-6-3)61-55(58)49-46-43-40-37-34-30-23-20-17-14-11-8-5-2/h22,25-29,52H,4-21,23-24,30-51H2,1-3H3/b25-22-,27-26-,29-28-. The Bertz CT molecular complexity index is 1030. The number of allylic oxidation sites excluding steroid dienone is 6. The maximum absolute atomic E-state index is 12.8. The molecule has 0 bridgehead atoms. The Balaban J connectivity index is 4.37. The van der Waals surface area contributed by atoms with Gasteiger partial charge in [0.25, 0.3) is 0 Å². The summed E-state index contributed by atoms with van der Waals surface area (Å²) >= 11 is 0. The molecule has 61 heavy (non-hydrogen) atoms. The Morgan fingerprint density at radius 2 is 0.590 bits per heavy atom. The lowest BCUT2D eigenvalue weighted by molar-refractivity contribution is -0.167. The smallest absolute Gasteiger partial charge is 0.306 e. The number of hydrogen-bond donors (Lipinski definition) is 0. The molecule has 0 radical (unpaired) electrons. The van der Waals surface area contributed by atoms with Crippen molar-refractivity contribution in [1.29, 1.82) is 0 Å². The van der Waals surface area contributed by atoms with E-state index in [1.165, 1.54) is 161 Å². The van der Waals surface area contributed by atoms with Gasteiger partial charge in [0, 0.05) is 19.3 Å². The van der Waals surface area contributed by atoms with Crippen molar-refractivity contribution < 1.29 is 28.6 Å². The van der Waals surface area contributed by atoms with Gasteiger partial charge in [0.05, 0.1) is 0 Å². The molecule has 1 atom stereocenters. The SMILES string of the molecule is CCCCCCC\C=C/C=C\C=C/CCCCCCCC(=O)OCC(COC(=O)CCCCCCCCCCCCCC)OC(=O)CCCCCCCCCCCCCCC. The summed E-state index contributed by atoms with van der Waals surface area (Å²) in [5.41, 5.74) is 0. The second-order valence-corrected chi connectivity index (χ2v) is 17.9. The minimum Gasteiger partial charge on any atom is -0.462 e. The number of esters is 3. The van der Waals surface area contributed by atoms with Crippen LogP contribution in [0.5, 0.6) is 0 Å². The highest BCUT2D eigenvalue weighted by atomic mass is 16.6. The first-order valence-corrected chi connectivity index (χ1v) is 26.5. The fourth-order valence-corrected chi connectivity index (χ4v) is 7.68. The first-order chi connectivity index (χ1) is 30.0. The van der Waals surface area contributed by atoms with Gasteiger partial charge in [-0.25, -0.2) is 0 Å². The molecule has 0 aliphatic heterocycles. The number of ether oxygens (including phenoxy) is 3. The maximum atomic E-state index is 12.8. The third kappa shape index (κ3) is 48.5. The van der Waals surface area contributed by atoms with Gasteiger partial charge >= 0.3 is 17.9 Å². The van der Waals surface area contributed by atoms with Crippen molar-refractivity contribution >= 4 is 17.9 Å². The van der Waals surface area contributed by atoms with Crippen LogP contribution in [0.15, 0.2) is 36.5 Å². The van der Waals surface area contributed by atoms with Gasteiger partial charge in [-0.3, -0.25) is 14.4 Å². The van der Waals surface area contributed by atoms with Gasteiger partial charge < -0.3 is 14.2 Å². The minimum atomic E-state index is -0.774. The molecule has 0 amide bonds. The van der Waals surface area contributed by atoms with Crippen molar-refractivity contribution in [2.75, 3.05) is 13.2 Å². The van der Waals surface area contributed by atoms with Crippen LogP contribution in [0.4, 0.5) is 0 Å². The molecular weight excluding hydrogens is 757 g/mol. The first-order valence-electron chi connectivity index (χ1n) is 26.5. The molecule has 0 aromatic heterocycles.